The number of nitrogens with zero attached hydrogens (tertiary/aromatic N) is 3. The van der Waals surface area contributed by atoms with E-state index in [0.717, 1.165) is 30.7 Å². The van der Waals surface area contributed by atoms with Crippen LogP contribution in [0.25, 0.3) is 0 Å². The van der Waals surface area contributed by atoms with Gasteiger partial charge in [-0.25, -0.2) is 0 Å². The number of para-hydroxylation sites is 1. The Morgan fingerprint density at radius 2 is 2.17 bits per heavy atom. The summed E-state index contributed by atoms with van der Waals surface area (Å²) in [7, 11) is 1.62. The van der Waals surface area contributed by atoms with E-state index in [1.807, 2.05) is 29.2 Å². The lowest BCUT2D eigenvalue weighted by atomic mass is 10.1. The minimum absolute atomic E-state index is 0.0444. The molecule has 0 radical (unpaired) electrons. The van der Waals surface area contributed by atoms with Gasteiger partial charge in [-0.15, -0.1) is 5.10 Å². The van der Waals surface area contributed by atoms with Gasteiger partial charge in [-0.05, 0) is 25.0 Å². The Labute approximate surface area is 141 Å². The Hall–Kier alpha value is -2.63. The first-order chi connectivity index (χ1) is 11.8. The molecule has 1 aliphatic heterocycles. The summed E-state index contributed by atoms with van der Waals surface area (Å²) in [5.41, 5.74) is 0.905. The lowest BCUT2D eigenvalue weighted by Gasteiger charge is -2.32. The molecule has 0 bridgehead atoms. The molecule has 0 spiro atoms. The summed E-state index contributed by atoms with van der Waals surface area (Å²) in [6.45, 7) is 1.33. The normalized spacial score (nSPS) is 17.4. The van der Waals surface area contributed by atoms with Crippen molar-refractivity contribution in [2.24, 2.45) is 0 Å². The molecule has 0 saturated carbocycles. The van der Waals surface area contributed by atoms with Gasteiger partial charge in [-0.2, -0.15) is 5.10 Å². The summed E-state index contributed by atoms with van der Waals surface area (Å²) in [5, 5.41) is 7.75. The molecule has 1 unspecified atom stereocenters. The van der Waals surface area contributed by atoms with Gasteiger partial charge in [0, 0.05) is 24.4 Å². The number of benzene rings is 1. The fourth-order valence-corrected chi connectivity index (χ4v) is 2.91. The number of carbonyl (C=O) groups excluding carboxylic acids is 1. The van der Waals surface area contributed by atoms with E-state index < -0.39 is 0 Å². The highest BCUT2D eigenvalue weighted by Gasteiger charge is 2.25. The van der Waals surface area contributed by atoms with Crippen LogP contribution < -0.4 is 9.47 Å². The average molecular weight is 327 g/mol. The van der Waals surface area contributed by atoms with Gasteiger partial charge in [0.1, 0.15) is 11.9 Å². The van der Waals surface area contributed by atoms with Crippen LogP contribution in [0.3, 0.4) is 0 Å². The molecule has 1 amide bonds. The number of carbonyl (C=O) groups is 1. The SMILES string of the molecule is COc1ccccc1CC(=O)N1CCCC(Oc2cccnn2)C1. The van der Waals surface area contributed by atoms with Crippen molar-refractivity contribution in [3.63, 3.8) is 0 Å². The number of likely N-dealkylation sites (tertiary alicyclic amines) is 1. The number of hydrogen-bond acceptors (Lipinski definition) is 5. The summed E-state index contributed by atoms with van der Waals surface area (Å²) >= 11 is 0. The highest BCUT2D eigenvalue weighted by molar-refractivity contribution is 5.79. The van der Waals surface area contributed by atoms with Crippen molar-refractivity contribution < 1.29 is 14.3 Å². The van der Waals surface area contributed by atoms with Crippen LogP contribution in [-0.4, -0.2) is 47.3 Å². The second-order valence-electron chi connectivity index (χ2n) is 5.77. The molecule has 2 heterocycles. The molecule has 1 aromatic carbocycles. The maximum Gasteiger partial charge on any atom is 0.233 e. The van der Waals surface area contributed by atoms with E-state index in [9.17, 15) is 4.79 Å². The number of rotatable bonds is 5. The smallest absolute Gasteiger partial charge is 0.233 e. The molecule has 6 nitrogen and oxygen atoms in total. The van der Waals surface area contributed by atoms with Crippen LogP contribution in [0.1, 0.15) is 18.4 Å². The first-order valence-electron chi connectivity index (χ1n) is 8.10. The summed E-state index contributed by atoms with van der Waals surface area (Å²) in [4.78, 5) is 14.5. The number of methoxy groups -OCH3 is 1. The first kappa shape index (κ1) is 16.2. The molecule has 3 rings (SSSR count). The minimum atomic E-state index is -0.0444. The largest absolute Gasteiger partial charge is 0.496 e. The monoisotopic (exact) mass is 327 g/mol. The Balaban J connectivity index is 1.60. The van der Waals surface area contributed by atoms with E-state index in [4.69, 9.17) is 9.47 Å². The van der Waals surface area contributed by atoms with Crippen molar-refractivity contribution in [1.29, 1.82) is 0 Å². The van der Waals surface area contributed by atoms with Gasteiger partial charge in [-0.3, -0.25) is 4.79 Å². The first-order valence-corrected chi connectivity index (χ1v) is 8.10. The Morgan fingerprint density at radius 1 is 1.29 bits per heavy atom. The molecule has 126 valence electrons. The molecule has 1 saturated heterocycles. The number of amides is 1. The second-order valence-corrected chi connectivity index (χ2v) is 5.77. The van der Waals surface area contributed by atoms with E-state index in [1.165, 1.54) is 0 Å². The topological polar surface area (TPSA) is 64.5 Å². The van der Waals surface area contributed by atoms with Crippen molar-refractivity contribution in [1.82, 2.24) is 15.1 Å². The van der Waals surface area contributed by atoms with Gasteiger partial charge >= 0.3 is 0 Å². The Morgan fingerprint density at radius 3 is 2.96 bits per heavy atom. The molecular formula is C18H21N3O3. The molecule has 1 atom stereocenters. The van der Waals surface area contributed by atoms with Gasteiger partial charge in [0.2, 0.25) is 11.8 Å². The van der Waals surface area contributed by atoms with Crippen LogP contribution in [0.4, 0.5) is 0 Å². The van der Waals surface area contributed by atoms with Crippen LogP contribution in [-0.2, 0) is 11.2 Å². The van der Waals surface area contributed by atoms with E-state index >= 15 is 0 Å². The van der Waals surface area contributed by atoms with Crippen molar-refractivity contribution in [2.45, 2.75) is 25.4 Å². The standard InChI is InChI=1S/C18H21N3O3/c1-23-16-8-3-2-6-14(16)12-18(22)21-11-5-7-15(13-21)24-17-9-4-10-19-20-17/h2-4,6,8-10,15H,5,7,11-13H2,1H3. The van der Waals surface area contributed by atoms with Crippen LogP contribution >= 0.6 is 0 Å². The van der Waals surface area contributed by atoms with Gasteiger partial charge in [-0.1, -0.05) is 18.2 Å². The highest BCUT2D eigenvalue weighted by atomic mass is 16.5. The van der Waals surface area contributed by atoms with Crippen molar-refractivity contribution in [2.75, 3.05) is 20.2 Å². The van der Waals surface area contributed by atoms with Crippen molar-refractivity contribution >= 4 is 5.91 Å². The summed E-state index contributed by atoms with van der Waals surface area (Å²) in [5.74, 6) is 1.34. The van der Waals surface area contributed by atoms with Crippen molar-refractivity contribution in [3.05, 3.63) is 48.2 Å². The highest BCUT2D eigenvalue weighted by Crippen LogP contribution is 2.21. The number of hydrogen-bond donors (Lipinski definition) is 0. The third-order valence-corrected chi connectivity index (χ3v) is 4.10. The third-order valence-electron chi connectivity index (χ3n) is 4.10. The van der Waals surface area contributed by atoms with Crippen LogP contribution in [0, 0.1) is 0 Å². The van der Waals surface area contributed by atoms with E-state index in [0.29, 0.717) is 18.8 Å². The molecule has 24 heavy (non-hydrogen) atoms. The quantitative estimate of drug-likeness (QED) is 0.841. The molecule has 0 aliphatic carbocycles. The lowest BCUT2D eigenvalue weighted by Crippen LogP contribution is -2.45. The zero-order chi connectivity index (χ0) is 16.8. The van der Waals surface area contributed by atoms with Gasteiger partial charge in [0.25, 0.3) is 0 Å². The number of ether oxygens (including phenoxy) is 2. The Bertz CT molecular complexity index is 678. The summed E-state index contributed by atoms with van der Waals surface area (Å²) in [6.07, 6.45) is 3.73. The van der Waals surface area contributed by atoms with Crippen LogP contribution in [0.15, 0.2) is 42.6 Å². The zero-order valence-corrected chi connectivity index (χ0v) is 13.7. The maximum atomic E-state index is 12.6. The molecule has 1 aromatic heterocycles. The van der Waals surface area contributed by atoms with Crippen molar-refractivity contribution in [3.8, 4) is 11.6 Å². The number of aromatic nitrogens is 2. The molecular weight excluding hydrogens is 306 g/mol. The second kappa shape index (κ2) is 7.77. The summed E-state index contributed by atoms with van der Waals surface area (Å²) in [6, 6.07) is 11.2. The fourth-order valence-electron chi connectivity index (χ4n) is 2.91. The Kier molecular flexibility index (Phi) is 5.25. The van der Waals surface area contributed by atoms with Crippen LogP contribution in [0.2, 0.25) is 0 Å². The van der Waals surface area contributed by atoms with E-state index in [1.54, 1.807) is 25.4 Å². The van der Waals surface area contributed by atoms with Gasteiger partial charge < -0.3 is 14.4 Å². The number of piperidine rings is 1. The van der Waals surface area contributed by atoms with E-state index in [2.05, 4.69) is 10.2 Å². The lowest BCUT2D eigenvalue weighted by molar-refractivity contribution is -0.133. The molecule has 6 heteroatoms. The zero-order valence-electron chi connectivity index (χ0n) is 13.7. The summed E-state index contributed by atoms with van der Waals surface area (Å²) < 4.78 is 11.2. The van der Waals surface area contributed by atoms with E-state index in [-0.39, 0.29) is 12.0 Å². The third kappa shape index (κ3) is 4.01. The van der Waals surface area contributed by atoms with Crippen LogP contribution in [0.5, 0.6) is 11.6 Å². The predicted molar refractivity (Wildman–Crippen MR) is 89.0 cm³/mol. The molecule has 2 aromatic rings. The molecule has 1 fully saturated rings. The molecule has 0 N–H and O–H groups in total. The van der Waals surface area contributed by atoms with Gasteiger partial charge in [0.15, 0.2) is 0 Å². The average Bonchev–Trinajstić information content (AvgIpc) is 2.63. The van der Waals surface area contributed by atoms with Gasteiger partial charge in [0.05, 0.1) is 20.1 Å². The maximum absolute atomic E-state index is 12.6. The minimum Gasteiger partial charge on any atom is -0.496 e. The molecule has 1 aliphatic rings. The fraction of sp³-hybridized carbons (Fsp3) is 0.389. The predicted octanol–water partition coefficient (Wildman–Crippen LogP) is 2.10.